The molecule has 1 rings (SSSR count). The van der Waals surface area contributed by atoms with Crippen molar-refractivity contribution in [2.24, 2.45) is 11.1 Å². The van der Waals surface area contributed by atoms with E-state index >= 15 is 0 Å². The molecule has 0 bridgehead atoms. The maximum atomic E-state index is 5.72. The van der Waals surface area contributed by atoms with Crippen LogP contribution in [0.15, 0.2) is 24.5 Å². The third-order valence-corrected chi connectivity index (χ3v) is 3.18. The Hall–Kier alpha value is -0.930. The van der Waals surface area contributed by atoms with Gasteiger partial charge in [0.05, 0.1) is 0 Å². The number of pyridine rings is 1. The van der Waals surface area contributed by atoms with Crippen molar-refractivity contribution in [1.82, 2.24) is 10.3 Å². The van der Waals surface area contributed by atoms with Gasteiger partial charge in [-0.1, -0.05) is 27.7 Å². The number of rotatable bonds is 6. The van der Waals surface area contributed by atoms with E-state index in [1.165, 1.54) is 5.56 Å². The fourth-order valence-electron chi connectivity index (χ4n) is 1.69. The second-order valence-electron chi connectivity index (χ2n) is 6.09. The van der Waals surface area contributed by atoms with Crippen LogP contribution in [0.3, 0.4) is 0 Å². The number of hydrogen-bond donors (Lipinski definition) is 2. The van der Waals surface area contributed by atoms with Crippen molar-refractivity contribution < 1.29 is 0 Å². The minimum atomic E-state index is 0.119. The van der Waals surface area contributed by atoms with Gasteiger partial charge in [0.15, 0.2) is 0 Å². The van der Waals surface area contributed by atoms with Crippen LogP contribution in [-0.4, -0.2) is 24.6 Å². The zero-order valence-corrected chi connectivity index (χ0v) is 11.5. The van der Waals surface area contributed by atoms with Crippen LogP contribution in [0.25, 0.3) is 0 Å². The van der Waals surface area contributed by atoms with E-state index in [1.807, 2.05) is 12.4 Å². The monoisotopic (exact) mass is 235 g/mol. The summed E-state index contributed by atoms with van der Waals surface area (Å²) in [5.74, 6) is 0. The van der Waals surface area contributed by atoms with Crippen LogP contribution < -0.4 is 11.1 Å². The van der Waals surface area contributed by atoms with E-state index in [4.69, 9.17) is 5.73 Å². The summed E-state index contributed by atoms with van der Waals surface area (Å²) < 4.78 is 0. The van der Waals surface area contributed by atoms with Crippen LogP contribution in [0.2, 0.25) is 0 Å². The molecule has 0 atom stereocenters. The fraction of sp³-hybridized carbons (Fsp3) is 0.643. The van der Waals surface area contributed by atoms with E-state index < -0.39 is 0 Å². The van der Waals surface area contributed by atoms with Gasteiger partial charge in [-0.05, 0) is 29.7 Å². The third-order valence-electron chi connectivity index (χ3n) is 3.18. The van der Waals surface area contributed by atoms with Gasteiger partial charge in [0.1, 0.15) is 0 Å². The molecule has 3 nitrogen and oxygen atoms in total. The summed E-state index contributed by atoms with van der Waals surface area (Å²) in [4.78, 5) is 4.05. The standard InChI is InChI=1S/C14H25N3/c1-13(2,9-15)10-17-11-14(3,4)12-5-7-16-8-6-12/h5-8,17H,9-11,15H2,1-4H3. The normalized spacial score (nSPS) is 12.8. The molecule has 17 heavy (non-hydrogen) atoms. The van der Waals surface area contributed by atoms with Gasteiger partial charge in [-0.2, -0.15) is 0 Å². The van der Waals surface area contributed by atoms with Crippen LogP contribution in [0.5, 0.6) is 0 Å². The van der Waals surface area contributed by atoms with Gasteiger partial charge in [0.25, 0.3) is 0 Å². The molecule has 1 aromatic heterocycles. The van der Waals surface area contributed by atoms with Crippen molar-refractivity contribution in [3.63, 3.8) is 0 Å². The predicted molar refractivity (Wildman–Crippen MR) is 73.0 cm³/mol. The summed E-state index contributed by atoms with van der Waals surface area (Å²) in [6, 6.07) is 4.16. The number of hydrogen-bond acceptors (Lipinski definition) is 3. The Morgan fingerprint density at radius 1 is 1.12 bits per heavy atom. The van der Waals surface area contributed by atoms with Crippen molar-refractivity contribution in [3.05, 3.63) is 30.1 Å². The van der Waals surface area contributed by atoms with Crippen LogP contribution in [0.4, 0.5) is 0 Å². The highest BCUT2D eigenvalue weighted by Gasteiger charge is 2.22. The minimum absolute atomic E-state index is 0.119. The Kier molecular flexibility index (Phi) is 4.66. The lowest BCUT2D eigenvalue weighted by Gasteiger charge is -2.29. The van der Waals surface area contributed by atoms with E-state index in [0.29, 0.717) is 6.54 Å². The van der Waals surface area contributed by atoms with Gasteiger partial charge in [-0.15, -0.1) is 0 Å². The Bertz CT molecular complexity index is 331. The molecule has 0 saturated heterocycles. The lowest BCUT2D eigenvalue weighted by atomic mass is 9.84. The predicted octanol–water partition coefficient (Wildman–Crippen LogP) is 1.93. The fourth-order valence-corrected chi connectivity index (χ4v) is 1.69. The van der Waals surface area contributed by atoms with E-state index in [9.17, 15) is 0 Å². The highest BCUT2D eigenvalue weighted by molar-refractivity contribution is 5.20. The second-order valence-corrected chi connectivity index (χ2v) is 6.09. The average molecular weight is 235 g/mol. The molecule has 1 aromatic rings. The number of nitrogens with one attached hydrogen (secondary N) is 1. The maximum Gasteiger partial charge on any atom is 0.0270 e. The molecule has 0 aliphatic heterocycles. The molecule has 3 heteroatoms. The van der Waals surface area contributed by atoms with Crippen LogP contribution >= 0.6 is 0 Å². The minimum Gasteiger partial charge on any atom is -0.330 e. The highest BCUT2D eigenvalue weighted by Crippen LogP contribution is 2.21. The van der Waals surface area contributed by atoms with Gasteiger partial charge in [-0.3, -0.25) is 4.98 Å². The quantitative estimate of drug-likeness (QED) is 0.792. The molecule has 0 spiro atoms. The van der Waals surface area contributed by atoms with Gasteiger partial charge in [0.2, 0.25) is 0 Å². The summed E-state index contributed by atoms with van der Waals surface area (Å²) in [6.07, 6.45) is 3.70. The van der Waals surface area contributed by atoms with Gasteiger partial charge < -0.3 is 11.1 Å². The summed E-state index contributed by atoms with van der Waals surface area (Å²) in [5.41, 5.74) is 7.31. The summed E-state index contributed by atoms with van der Waals surface area (Å²) >= 11 is 0. The topological polar surface area (TPSA) is 50.9 Å². The number of aromatic nitrogens is 1. The molecule has 0 aliphatic carbocycles. The van der Waals surface area contributed by atoms with Crippen molar-refractivity contribution >= 4 is 0 Å². The molecule has 0 amide bonds. The molecule has 3 N–H and O–H groups in total. The van der Waals surface area contributed by atoms with Gasteiger partial charge >= 0.3 is 0 Å². The molecule has 0 saturated carbocycles. The average Bonchev–Trinajstić information content (AvgIpc) is 2.30. The molecule has 96 valence electrons. The Balaban J connectivity index is 2.51. The molecular weight excluding hydrogens is 210 g/mol. The second kappa shape index (κ2) is 5.61. The Labute approximate surface area is 105 Å². The third kappa shape index (κ3) is 4.44. The highest BCUT2D eigenvalue weighted by atomic mass is 14.9. The van der Waals surface area contributed by atoms with E-state index in [1.54, 1.807) is 0 Å². The van der Waals surface area contributed by atoms with Crippen LogP contribution in [0, 0.1) is 5.41 Å². The maximum absolute atomic E-state index is 5.72. The first-order valence-corrected chi connectivity index (χ1v) is 6.19. The zero-order chi connectivity index (χ0) is 12.9. The summed E-state index contributed by atoms with van der Waals surface area (Å²) in [5, 5.41) is 3.51. The first-order chi connectivity index (χ1) is 7.87. The number of nitrogens with two attached hydrogens (primary N) is 1. The van der Waals surface area contributed by atoms with Gasteiger partial charge in [-0.25, -0.2) is 0 Å². The van der Waals surface area contributed by atoms with Crippen LogP contribution in [-0.2, 0) is 5.41 Å². The molecule has 0 unspecified atom stereocenters. The first-order valence-electron chi connectivity index (χ1n) is 6.19. The lowest BCUT2D eigenvalue weighted by Crippen LogP contribution is -2.40. The SMILES string of the molecule is CC(C)(CN)CNCC(C)(C)c1ccncc1. The molecule has 0 fully saturated rings. The lowest BCUT2D eigenvalue weighted by molar-refractivity contribution is 0.332. The Morgan fingerprint density at radius 3 is 2.24 bits per heavy atom. The molecule has 0 aliphatic rings. The zero-order valence-electron chi connectivity index (χ0n) is 11.5. The van der Waals surface area contributed by atoms with Crippen LogP contribution in [0.1, 0.15) is 33.3 Å². The molecule has 0 aromatic carbocycles. The van der Waals surface area contributed by atoms with E-state index in [2.05, 4.69) is 50.1 Å². The van der Waals surface area contributed by atoms with E-state index in [0.717, 1.165) is 13.1 Å². The summed E-state index contributed by atoms with van der Waals surface area (Å²) in [6.45, 7) is 11.4. The smallest absolute Gasteiger partial charge is 0.0270 e. The van der Waals surface area contributed by atoms with Crippen molar-refractivity contribution in [1.29, 1.82) is 0 Å². The van der Waals surface area contributed by atoms with Crippen molar-refractivity contribution in [3.8, 4) is 0 Å². The van der Waals surface area contributed by atoms with Gasteiger partial charge in [0, 0.05) is 30.9 Å². The largest absolute Gasteiger partial charge is 0.330 e. The molecule has 1 heterocycles. The van der Waals surface area contributed by atoms with Crippen molar-refractivity contribution in [2.75, 3.05) is 19.6 Å². The van der Waals surface area contributed by atoms with E-state index in [-0.39, 0.29) is 10.8 Å². The molecule has 0 radical (unpaired) electrons. The summed E-state index contributed by atoms with van der Waals surface area (Å²) in [7, 11) is 0. The Morgan fingerprint density at radius 2 is 1.71 bits per heavy atom. The number of nitrogens with zero attached hydrogens (tertiary/aromatic N) is 1. The first kappa shape index (κ1) is 14.1. The molecular formula is C14H25N3. The van der Waals surface area contributed by atoms with Crippen molar-refractivity contribution in [2.45, 2.75) is 33.1 Å².